The minimum absolute atomic E-state index is 1.03. The predicted molar refractivity (Wildman–Crippen MR) is 130 cm³/mol. The van der Waals surface area contributed by atoms with E-state index in [0.717, 1.165) is 19.5 Å². The van der Waals surface area contributed by atoms with Crippen molar-refractivity contribution >= 4 is 0 Å². The van der Waals surface area contributed by atoms with Gasteiger partial charge in [-0.15, -0.1) is 0 Å². The Bertz CT molecular complexity index is 644. The third-order valence-electron chi connectivity index (χ3n) is 6.39. The molecule has 2 heteroatoms. The standard InChI is InChI=1S/C28H47N2/c1-3-5-6-7-8-9-10-11-12-13-14-15-16-20-23-30-25-24-29(4-2)28(30)26-27-21-18-17-19-22-27/h17-19,21-22,24-25H,3-16,20,23,26H2,1-2H3/q+1. The number of hydrogen-bond donors (Lipinski definition) is 0. The van der Waals surface area contributed by atoms with Crippen LogP contribution >= 0.6 is 0 Å². The highest BCUT2D eigenvalue weighted by Gasteiger charge is 2.16. The van der Waals surface area contributed by atoms with Crippen LogP contribution in [0, 0.1) is 0 Å². The van der Waals surface area contributed by atoms with Crippen molar-refractivity contribution < 1.29 is 4.57 Å². The Labute approximate surface area is 186 Å². The smallest absolute Gasteiger partial charge is 0.234 e. The highest BCUT2D eigenvalue weighted by atomic mass is 15.1. The van der Waals surface area contributed by atoms with Gasteiger partial charge in [-0.2, -0.15) is 0 Å². The molecule has 2 aromatic rings. The van der Waals surface area contributed by atoms with Crippen LogP contribution < -0.4 is 4.57 Å². The highest BCUT2D eigenvalue weighted by Crippen LogP contribution is 2.13. The van der Waals surface area contributed by atoms with Gasteiger partial charge in [-0.05, 0) is 25.3 Å². The topological polar surface area (TPSA) is 8.81 Å². The Balaban J connectivity index is 1.52. The zero-order valence-electron chi connectivity index (χ0n) is 20.0. The van der Waals surface area contributed by atoms with Gasteiger partial charge in [0.2, 0.25) is 0 Å². The van der Waals surface area contributed by atoms with Gasteiger partial charge in [-0.1, -0.05) is 114 Å². The molecule has 0 aliphatic heterocycles. The Morgan fingerprint density at radius 3 is 1.73 bits per heavy atom. The van der Waals surface area contributed by atoms with E-state index < -0.39 is 0 Å². The van der Waals surface area contributed by atoms with Crippen molar-refractivity contribution in [3.05, 3.63) is 54.1 Å². The molecule has 0 aliphatic rings. The van der Waals surface area contributed by atoms with Gasteiger partial charge in [0.15, 0.2) is 0 Å². The number of aryl methyl sites for hydroxylation is 2. The van der Waals surface area contributed by atoms with Crippen LogP contribution in [0.3, 0.4) is 0 Å². The maximum atomic E-state index is 2.48. The summed E-state index contributed by atoms with van der Waals surface area (Å²) in [6, 6.07) is 10.9. The van der Waals surface area contributed by atoms with Gasteiger partial charge in [-0.3, -0.25) is 0 Å². The van der Waals surface area contributed by atoms with Crippen molar-refractivity contribution in [2.24, 2.45) is 0 Å². The van der Waals surface area contributed by atoms with Crippen molar-refractivity contribution in [2.45, 2.75) is 123 Å². The zero-order valence-corrected chi connectivity index (χ0v) is 20.0. The van der Waals surface area contributed by atoms with Crippen molar-refractivity contribution in [3.63, 3.8) is 0 Å². The minimum atomic E-state index is 1.03. The van der Waals surface area contributed by atoms with Crippen LogP contribution in [0.2, 0.25) is 0 Å². The lowest BCUT2D eigenvalue weighted by atomic mass is 10.0. The molecular weight excluding hydrogens is 364 g/mol. The fourth-order valence-electron chi connectivity index (χ4n) is 4.45. The van der Waals surface area contributed by atoms with Crippen LogP contribution in [0.1, 0.15) is 115 Å². The fourth-order valence-corrected chi connectivity index (χ4v) is 4.45. The summed E-state index contributed by atoms with van der Waals surface area (Å²) in [5.41, 5.74) is 1.40. The molecule has 30 heavy (non-hydrogen) atoms. The Hall–Kier alpha value is -1.57. The normalized spacial score (nSPS) is 11.3. The summed E-state index contributed by atoms with van der Waals surface area (Å²) in [7, 11) is 0. The van der Waals surface area contributed by atoms with Crippen LogP contribution in [0.4, 0.5) is 0 Å². The molecule has 0 spiro atoms. The summed E-state index contributed by atoms with van der Waals surface area (Å²) in [5.74, 6) is 1.44. The van der Waals surface area contributed by atoms with Crippen molar-refractivity contribution in [3.8, 4) is 0 Å². The Morgan fingerprint density at radius 1 is 0.667 bits per heavy atom. The van der Waals surface area contributed by atoms with Crippen LogP contribution in [-0.2, 0) is 19.5 Å². The lowest BCUT2D eigenvalue weighted by Gasteiger charge is -2.05. The second-order valence-corrected chi connectivity index (χ2v) is 8.95. The molecule has 2 rings (SSSR count). The lowest BCUT2D eigenvalue weighted by molar-refractivity contribution is -0.703. The van der Waals surface area contributed by atoms with E-state index in [1.54, 1.807) is 0 Å². The van der Waals surface area contributed by atoms with Gasteiger partial charge in [0.05, 0.1) is 19.5 Å². The summed E-state index contributed by atoms with van der Waals surface area (Å²) >= 11 is 0. The molecule has 0 N–H and O–H groups in total. The van der Waals surface area contributed by atoms with E-state index in [4.69, 9.17) is 0 Å². The molecule has 0 amide bonds. The van der Waals surface area contributed by atoms with E-state index in [1.165, 1.54) is 101 Å². The van der Waals surface area contributed by atoms with Crippen LogP contribution in [0.15, 0.2) is 42.7 Å². The number of unbranched alkanes of at least 4 members (excludes halogenated alkanes) is 13. The van der Waals surface area contributed by atoms with Crippen molar-refractivity contribution in [1.29, 1.82) is 0 Å². The van der Waals surface area contributed by atoms with Gasteiger partial charge in [0.25, 0.3) is 5.82 Å². The summed E-state index contributed by atoms with van der Waals surface area (Å²) in [4.78, 5) is 0. The molecule has 0 saturated carbocycles. The Morgan fingerprint density at radius 2 is 1.20 bits per heavy atom. The second-order valence-electron chi connectivity index (χ2n) is 8.95. The number of hydrogen-bond acceptors (Lipinski definition) is 0. The van der Waals surface area contributed by atoms with Gasteiger partial charge in [0.1, 0.15) is 12.4 Å². The molecule has 2 nitrogen and oxygen atoms in total. The maximum Gasteiger partial charge on any atom is 0.260 e. The average molecular weight is 412 g/mol. The van der Waals surface area contributed by atoms with Gasteiger partial charge < -0.3 is 0 Å². The third kappa shape index (κ3) is 9.96. The number of rotatable bonds is 18. The van der Waals surface area contributed by atoms with Crippen LogP contribution in [0.5, 0.6) is 0 Å². The minimum Gasteiger partial charge on any atom is -0.234 e. The van der Waals surface area contributed by atoms with Crippen LogP contribution in [-0.4, -0.2) is 4.57 Å². The predicted octanol–water partition coefficient (Wildman–Crippen LogP) is 7.87. The third-order valence-corrected chi connectivity index (χ3v) is 6.39. The highest BCUT2D eigenvalue weighted by molar-refractivity contribution is 5.18. The van der Waals surface area contributed by atoms with E-state index in [2.05, 4.69) is 65.7 Å². The summed E-state index contributed by atoms with van der Waals surface area (Å²) < 4.78 is 4.88. The summed E-state index contributed by atoms with van der Waals surface area (Å²) in [6.45, 7) is 6.75. The first-order valence-corrected chi connectivity index (χ1v) is 13.0. The molecule has 0 fully saturated rings. The molecule has 1 heterocycles. The van der Waals surface area contributed by atoms with E-state index >= 15 is 0 Å². The van der Waals surface area contributed by atoms with E-state index in [1.807, 2.05) is 0 Å². The molecule has 0 unspecified atom stereocenters. The summed E-state index contributed by atoms with van der Waals surface area (Å²) in [5, 5.41) is 0. The van der Waals surface area contributed by atoms with Crippen LogP contribution in [0.25, 0.3) is 0 Å². The maximum absolute atomic E-state index is 2.48. The first-order valence-electron chi connectivity index (χ1n) is 13.0. The monoisotopic (exact) mass is 411 g/mol. The SMILES string of the molecule is CCCCCCCCCCCCCCCC[n+]1ccn(CC)c1Cc1ccccc1. The van der Waals surface area contributed by atoms with Gasteiger partial charge in [-0.25, -0.2) is 9.13 Å². The first kappa shape index (κ1) is 24.7. The lowest BCUT2D eigenvalue weighted by Crippen LogP contribution is -2.37. The molecule has 168 valence electrons. The molecule has 0 radical (unpaired) electrons. The number of nitrogens with zero attached hydrogens (tertiary/aromatic N) is 2. The van der Waals surface area contributed by atoms with Crippen molar-refractivity contribution in [2.75, 3.05) is 0 Å². The average Bonchev–Trinajstić information content (AvgIpc) is 3.16. The molecule has 1 aromatic carbocycles. The van der Waals surface area contributed by atoms with E-state index in [-0.39, 0.29) is 0 Å². The number of imidazole rings is 1. The van der Waals surface area contributed by atoms with E-state index in [0.29, 0.717) is 0 Å². The zero-order chi connectivity index (χ0) is 21.3. The number of aromatic nitrogens is 2. The molecular formula is C28H47N2+. The molecule has 0 atom stereocenters. The second kappa shape index (κ2) is 16.2. The Kier molecular flexibility index (Phi) is 13.3. The first-order chi connectivity index (χ1) is 14.8. The summed E-state index contributed by atoms with van der Waals surface area (Å²) in [6.07, 6.45) is 25.5. The van der Waals surface area contributed by atoms with Gasteiger partial charge >= 0.3 is 0 Å². The van der Waals surface area contributed by atoms with Gasteiger partial charge in [0, 0.05) is 0 Å². The fraction of sp³-hybridized carbons (Fsp3) is 0.679. The quantitative estimate of drug-likeness (QED) is 0.174. The number of benzene rings is 1. The van der Waals surface area contributed by atoms with Crippen molar-refractivity contribution in [1.82, 2.24) is 4.57 Å². The molecule has 0 bridgehead atoms. The molecule has 1 aromatic heterocycles. The largest absolute Gasteiger partial charge is 0.260 e. The molecule has 0 saturated heterocycles. The van der Waals surface area contributed by atoms with E-state index in [9.17, 15) is 0 Å². The molecule has 0 aliphatic carbocycles.